The van der Waals surface area contributed by atoms with Gasteiger partial charge in [0.1, 0.15) is 0 Å². The molecule has 1 aromatic heterocycles. The van der Waals surface area contributed by atoms with Crippen LogP contribution >= 0.6 is 0 Å². The van der Waals surface area contributed by atoms with Crippen LogP contribution in [0, 0.1) is 13.8 Å². The second-order valence-electron chi connectivity index (χ2n) is 8.26. The Kier molecular flexibility index (Phi) is 5.67. The van der Waals surface area contributed by atoms with Crippen molar-refractivity contribution in [3.05, 3.63) is 59.3 Å². The lowest BCUT2D eigenvalue weighted by Crippen LogP contribution is -2.28. The lowest BCUT2D eigenvalue weighted by Gasteiger charge is -2.24. The number of hydrogen-bond acceptors (Lipinski definition) is 5. The van der Waals surface area contributed by atoms with E-state index in [9.17, 15) is 0 Å². The first-order valence-electron chi connectivity index (χ1n) is 10.5. The van der Waals surface area contributed by atoms with Gasteiger partial charge >= 0.3 is 0 Å². The molecule has 5 nitrogen and oxygen atoms in total. The molecule has 5 heteroatoms. The molecule has 0 bridgehead atoms. The molecule has 1 atom stereocenters. The number of fused-ring (bicyclic) bond motifs is 1. The van der Waals surface area contributed by atoms with E-state index in [-0.39, 0.29) is 6.04 Å². The van der Waals surface area contributed by atoms with E-state index in [1.807, 2.05) is 6.20 Å². The molecule has 0 radical (unpaired) electrons. The number of likely N-dealkylation sites (N-methyl/N-ethyl adjacent to an activating group) is 1. The average Bonchev–Trinajstić information content (AvgIpc) is 2.94. The number of benzene rings is 2. The number of nitrogens with zero attached hydrogens (tertiary/aromatic N) is 4. The first-order chi connectivity index (χ1) is 14.0. The van der Waals surface area contributed by atoms with Crippen LogP contribution in [-0.4, -0.2) is 48.3 Å². The standard InChI is InChI=1S/C24H31N5/c1-17-7-5-8-22(18(17)2)19(3)26-24-23-15-21(10-9-20(23)16-25-27-24)29-12-6-11-28(4)13-14-29/h5,7-10,15-16,19H,6,11-14H2,1-4H3,(H,26,27)/t19-/m1/s1. The van der Waals surface area contributed by atoms with Crippen molar-refractivity contribution in [3.63, 3.8) is 0 Å². The number of aryl methyl sites for hydroxylation is 1. The van der Waals surface area contributed by atoms with Gasteiger partial charge in [-0.15, -0.1) is 5.10 Å². The molecule has 0 saturated carbocycles. The SMILES string of the molecule is Cc1cccc([C@@H](C)Nc2nncc3ccc(N4CCCN(C)CC4)cc23)c1C. The Bertz CT molecular complexity index is 1000. The first-order valence-corrected chi connectivity index (χ1v) is 10.5. The Hall–Kier alpha value is -2.66. The topological polar surface area (TPSA) is 44.3 Å². The second kappa shape index (κ2) is 8.37. The van der Waals surface area contributed by atoms with E-state index >= 15 is 0 Å². The summed E-state index contributed by atoms with van der Waals surface area (Å²) in [6.45, 7) is 11.0. The van der Waals surface area contributed by atoms with Gasteiger partial charge in [0.2, 0.25) is 0 Å². The lowest BCUT2D eigenvalue weighted by atomic mass is 9.98. The van der Waals surface area contributed by atoms with Gasteiger partial charge in [0.05, 0.1) is 12.2 Å². The fourth-order valence-electron chi connectivity index (χ4n) is 4.20. The molecule has 1 saturated heterocycles. The van der Waals surface area contributed by atoms with Crippen LogP contribution in [0.3, 0.4) is 0 Å². The predicted molar refractivity (Wildman–Crippen MR) is 122 cm³/mol. The van der Waals surface area contributed by atoms with Gasteiger partial charge in [-0.3, -0.25) is 0 Å². The zero-order valence-electron chi connectivity index (χ0n) is 17.9. The summed E-state index contributed by atoms with van der Waals surface area (Å²) in [5.41, 5.74) is 5.21. The van der Waals surface area contributed by atoms with E-state index in [4.69, 9.17) is 0 Å². The van der Waals surface area contributed by atoms with E-state index in [1.54, 1.807) is 0 Å². The number of rotatable bonds is 4. The third-order valence-corrected chi connectivity index (χ3v) is 6.20. The minimum Gasteiger partial charge on any atom is -0.370 e. The van der Waals surface area contributed by atoms with Crippen molar-refractivity contribution in [2.45, 2.75) is 33.2 Å². The maximum atomic E-state index is 4.45. The highest BCUT2D eigenvalue weighted by Gasteiger charge is 2.16. The highest BCUT2D eigenvalue weighted by atomic mass is 15.2. The van der Waals surface area contributed by atoms with E-state index in [1.165, 1.54) is 28.8 Å². The van der Waals surface area contributed by atoms with Gasteiger partial charge in [0.25, 0.3) is 0 Å². The maximum absolute atomic E-state index is 4.45. The third kappa shape index (κ3) is 4.20. The van der Waals surface area contributed by atoms with Gasteiger partial charge in [-0.1, -0.05) is 24.3 Å². The van der Waals surface area contributed by atoms with Crippen molar-refractivity contribution in [2.24, 2.45) is 0 Å². The molecule has 0 spiro atoms. The highest BCUT2D eigenvalue weighted by Crippen LogP contribution is 2.30. The molecule has 152 valence electrons. The summed E-state index contributed by atoms with van der Waals surface area (Å²) >= 11 is 0. The summed E-state index contributed by atoms with van der Waals surface area (Å²) in [4.78, 5) is 4.90. The molecule has 2 aromatic carbocycles. The quantitative estimate of drug-likeness (QED) is 0.709. The fraction of sp³-hybridized carbons (Fsp3) is 0.417. The molecule has 0 aliphatic carbocycles. The van der Waals surface area contributed by atoms with Crippen molar-refractivity contribution in [1.82, 2.24) is 15.1 Å². The van der Waals surface area contributed by atoms with E-state index in [0.717, 1.165) is 42.8 Å². The Morgan fingerprint density at radius 1 is 1.03 bits per heavy atom. The molecule has 1 aliphatic rings. The maximum Gasteiger partial charge on any atom is 0.157 e. The molecule has 1 fully saturated rings. The molecule has 4 rings (SSSR count). The monoisotopic (exact) mass is 389 g/mol. The molecular weight excluding hydrogens is 358 g/mol. The molecule has 0 unspecified atom stereocenters. The van der Waals surface area contributed by atoms with Crippen LogP contribution in [0.1, 0.15) is 36.1 Å². The van der Waals surface area contributed by atoms with Crippen molar-refractivity contribution in [2.75, 3.05) is 43.4 Å². The Labute approximate surface area is 173 Å². The fourth-order valence-corrected chi connectivity index (χ4v) is 4.20. The summed E-state index contributed by atoms with van der Waals surface area (Å²) in [6, 6.07) is 13.3. The summed E-state index contributed by atoms with van der Waals surface area (Å²) in [7, 11) is 2.20. The molecule has 3 aromatic rings. The molecule has 2 heterocycles. The lowest BCUT2D eigenvalue weighted by molar-refractivity contribution is 0.360. The van der Waals surface area contributed by atoms with Gasteiger partial charge in [-0.05, 0) is 69.6 Å². The number of anilines is 2. The van der Waals surface area contributed by atoms with Gasteiger partial charge in [-0.25, -0.2) is 0 Å². The Morgan fingerprint density at radius 2 is 1.90 bits per heavy atom. The van der Waals surface area contributed by atoms with Crippen LogP contribution < -0.4 is 10.2 Å². The molecule has 0 amide bonds. The Balaban J connectivity index is 1.65. The minimum atomic E-state index is 0.158. The smallest absolute Gasteiger partial charge is 0.157 e. The Morgan fingerprint density at radius 3 is 2.76 bits per heavy atom. The number of hydrogen-bond donors (Lipinski definition) is 1. The van der Waals surface area contributed by atoms with Crippen molar-refractivity contribution < 1.29 is 0 Å². The largest absolute Gasteiger partial charge is 0.370 e. The number of aromatic nitrogens is 2. The van der Waals surface area contributed by atoms with Crippen LogP contribution in [0.25, 0.3) is 10.8 Å². The van der Waals surface area contributed by atoms with Crippen molar-refractivity contribution in [3.8, 4) is 0 Å². The summed E-state index contributed by atoms with van der Waals surface area (Å²) in [5, 5.41) is 14.6. The van der Waals surface area contributed by atoms with E-state index in [0.29, 0.717) is 0 Å². The summed E-state index contributed by atoms with van der Waals surface area (Å²) < 4.78 is 0. The van der Waals surface area contributed by atoms with Crippen molar-refractivity contribution >= 4 is 22.3 Å². The zero-order valence-corrected chi connectivity index (χ0v) is 17.9. The highest BCUT2D eigenvalue weighted by molar-refractivity contribution is 5.93. The van der Waals surface area contributed by atoms with Gasteiger partial charge < -0.3 is 15.1 Å². The predicted octanol–water partition coefficient (Wildman–Crippen LogP) is 4.56. The molecule has 1 N–H and O–H groups in total. The third-order valence-electron chi connectivity index (χ3n) is 6.20. The van der Waals surface area contributed by atoms with Crippen molar-refractivity contribution in [1.29, 1.82) is 0 Å². The molecular formula is C24H31N5. The summed E-state index contributed by atoms with van der Waals surface area (Å²) in [6.07, 6.45) is 3.04. The van der Waals surface area contributed by atoms with Crippen LogP contribution in [0.2, 0.25) is 0 Å². The molecule has 1 aliphatic heterocycles. The van der Waals surface area contributed by atoms with Gasteiger partial charge in [-0.2, -0.15) is 5.10 Å². The normalized spacial score (nSPS) is 16.6. The van der Waals surface area contributed by atoms with Gasteiger partial charge in [0, 0.05) is 36.1 Å². The van der Waals surface area contributed by atoms with Crippen LogP contribution in [0.5, 0.6) is 0 Å². The van der Waals surface area contributed by atoms with E-state index in [2.05, 4.69) is 89.5 Å². The zero-order chi connectivity index (χ0) is 20.4. The average molecular weight is 390 g/mol. The van der Waals surface area contributed by atoms with Crippen LogP contribution in [-0.2, 0) is 0 Å². The second-order valence-corrected chi connectivity index (χ2v) is 8.26. The summed E-state index contributed by atoms with van der Waals surface area (Å²) in [5.74, 6) is 0.852. The number of nitrogens with one attached hydrogen (secondary N) is 1. The molecule has 29 heavy (non-hydrogen) atoms. The van der Waals surface area contributed by atoms with E-state index < -0.39 is 0 Å². The minimum absolute atomic E-state index is 0.158. The first kappa shape index (κ1) is 19.6. The van der Waals surface area contributed by atoms with Gasteiger partial charge in [0.15, 0.2) is 5.82 Å². The van der Waals surface area contributed by atoms with Crippen LogP contribution in [0.15, 0.2) is 42.6 Å². The van der Waals surface area contributed by atoms with Crippen LogP contribution in [0.4, 0.5) is 11.5 Å².